The van der Waals surface area contributed by atoms with Crippen LogP contribution in [0.15, 0.2) is 24.3 Å². The predicted octanol–water partition coefficient (Wildman–Crippen LogP) is 1.90. The number of nitrogens with zero attached hydrogens (tertiary/aromatic N) is 2. The van der Waals surface area contributed by atoms with E-state index in [9.17, 15) is 9.59 Å². The smallest absolute Gasteiger partial charge is 0.311 e. The molecule has 84 valence electrons. The fourth-order valence-electron chi connectivity index (χ4n) is 1.83. The number of likely N-dealkylation sites (N-methyl/N-ethyl adjacent to an activating group) is 2. The van der Waals surface area contributed by atoms with Crippen LogP contribution in [0.25, 0.3) is 0 Å². The Hall–Kier alpha value is -1.55. The van der Waals surface area contributed by atoms with Gasteiger partial charge in [-0.05, 0) is 6.07 Å². The quantitative estimate of drug-likeness (QED) is 0.702. The van der Waals surface area contributed by atoms with Crippen LogP contribution in [0.5, 0.6) is 0 Å². The van der Waals surface area contributed by atoms with E-state index in [-0.39, 0.29) is 11.9 Å². The van der Waals surface area contributed by atoms with E-state index in [4.69, 9.17) is 11.6 Å². The van der Waals surface area contributed by atoms with Crippen LogP contribution in [0.3, 0.4) is 0 Å². The van der Waals surface area contributed by atoms with Gasteiger partial charge in [-0.15, -0.1) is 0 Å². The number of imide groups is 1. The molecule has 3 amide bonds. The Bertz CT molecular complexity index is 461. The average molecular weight is 239 g/mol. The number of hydrogen-bond acceptors (Lipinski definition) is 2. The SMILES string of the molecule is CN1C(=O)C(c2ccccc2Cl)N(C)C1=O. The fraction of sp³-hybridized carbons (Fsp3) is 0.273. The molecule has 1 unspecified atom stereocenters. The second-order valence-corrected chi connectivity index (χ2v) is 4.12. The van der Waals surface area contributed by atoms with Crippen LogP contribution in [-0.2, 0) is 4.79 Å². The van der Waals surface area contributed by atoms with Crippen LogP contribution in [0.1, 0.15) is 11.6 Å². The number of rotatable bonds is 1. The van der Waals surface area contributed by atoms with Gasteiger partial charge in [-0.2, -0.15) is 0 Å². The highest BCUT2D eigenvalue weighted by Gasteiger charge is 2.42. The van der Waals surface area contributed by atoms with Gasteiger partial charge in [0.15, 0.2) is 0 Å². The second kappa shape index (κ2) is 3.79. The first-order valence-electron chi connectivity index (χ1n) is 4.83. The zero-order valence-electron chi connectivity index (χ0n) is 8.98. The molecule has 1 aromatic carbocycles. The largest absolute Gasteiger partial charge is 0.327 e. The summed E-state index contributed by atoms with van der Waals surface area (Å²) >= 11 is 6.02. The van der Waals surface area contributed by atoms with Crippen molar-refractivity contribution in [2.24, 2.45) is 0 Å². The second-order valence-electron chi connectivity index (χ2n) is 3.71. The first-order valence-corrected chi connectivity index (χ1v) is 5.20. The van der Waals surface area contributed by atoms with Gasteiger partial charge in [0.1, 0.15) is 6.04 Å². The first kappa shape index (κ1) is 11.0. The van der Waals surface area contributed by atoms with Gasteiger partial charge in [0.25, 0.3) is 5.91 Å². The zero-order chi connectivity index (χ0) is 11.9. The Morgan fingerprint density at radius 2 is 1.81 bits per heavy atom. The average Bonchev–Trinajstić information content (AvgIpc) is 2.45. The summed E-state index contributed by atoms with van der Waals surface area (Å²) in [7, 11) is 3.07. The van der Waals surface area contributed by atoms with Gasteiger partial charge in [-0.25, -0.2) is 4.79 Å². The Kier molecular flexibility index (Phi) is 2.59. The van der Waals surface area contributed by atoms with E-state index in [0.29, 0.717) is 10.6 Å². The summed E-state index contributed by atoms with van der Waals surface area (Å²) < 4.78 is 0. The van der Waals surface area contributed by atoms with Gasteiger partial charge in [0, 0.05) is 24.7 Å². The summed E-state index contributed by atoms with van der Waals surface area (Å²) in [4.78, 5) is 26.0. The van der Waals surface area contributed by atoms with E-state index in [2.05, 4.69) is 0 Å². The molecule has 0 aliphatic carbocycles. The van der Waals surface area contributed by atoms with Crippen LogP contribution < -0.4 is 0 Å². The minimum atomic E-state index is -0.605. The molecule has 0 aromatic heterocycles. The lowest BCUT2D eigenvalue weighted by Gasteiger charge is -2.17. The number of halogens is 1. The van der Waals surface area contributed by atoms with Gasteiger partial charge in [0.05, 0.1) is 0 Å². The molecule has 4 nitrogen and oxygen atoms in total. The van der Waals surface area contributed by atoms with Crippen molar-refractivity contribution >= 4 is 23.5 Å². The van der Waals surface area contributed by atoms with E-state index in [0.717, 1.165) is 4.90 Å². The molecule has 16 heavy (non-hydrogen) atoms. The third-order valence-corrected chi connectivity index (χ3v) is 3.08. The summed E-state index contributed by atoms with van der Waals surface area (Å²) in [6, 6.07) is 6.14. The van der Waals surface area contributed by atoms with Crippen molar-refractivity contribution in [3.63, 3.8) is 0 Å². The third-order valence-electron chi connectivity index (χ3n) is 2.74. The summed E-state index contributed by atoms with van der Waals surface area (Å²) in [5.74, 6) is -0.249. The standard InChI is InChI=1S/C11H11ClN2O2/c1-13-9(10(15)14(2)11(13)16)7-5-3-4-6-8(7)12/h3-6,9H,1-2H3. The van der Waals surface area contributed by atoms with Crippen LogP contribution in [0, 0.1) is 0 Å². The maximum absolute atomic E-state index is 11.9. The molecule has 0 radical (unpaired) electrons. The van der Waals surface area contributed by atoms with Gasteiger partial charge in [0.2, 0.25) is 0 Å². The lowest BCUT2D eigenvalue weighted by atomic mass is 10.1. The Labute approximate surface area is 98.4 Å². The molecule has 1 heterocycles. The van der Waals surface area contributed by atoms with Crippen LogP contribution >= 0.6 is 11.6 Å². The Balaban J connectivity index is 2.46. The molecule has 0 spiro atoms. The first-order chi connectivity index (χ1) is 7.54. The van der Waals surface area contributed by atoms with Gasteiger partial charge >= 0.3 is 6.03 Å². The molecule has 5 heteroatoms. The van der Waals surface area contributed by atoms with Crippen LogP contribution in [0.4, 0.5) is 4.79 Å². The fourth-order valence-corrected chi connectivity index (χ4v) is 2.07. The highest BCUT2D eigenvalue weighted by molar-refractivity contribution is 6.31. The number of amides is 3. The topological polar surface area (TPSA) is 40.6 Å². The Morgan fingerprint density at radius 1 is 1.19 bits per heavy atom. The molecular formula is C11H11ClN2O2. The normalized spacial score (nSPS) is 20.8. The van der Waals surface area contributed by atoms with E-state index >= 15 is 0 Å². The summed E-state index contributed by atoms with van der Waals surface area (Å²) in [5.41, 5.74) is 0.661. The molecular weight excluding hydrogens is 228 g/mol. The number of benzene rings is 1. The molecule has 0 saturated carbocycles. The van der Waals surface area contributed by atoms with Crippen molar-refractivity contribution in [1.82, 2.24) is 9.80 Å². The van der Waals surface area contributed by atoms with Crippen molar-refractivity contribution < 1.29 is 9.59 Å². The number of carbonyl (C=O) groups excluding carboxylic acids is 2. The van der Waals surface area contributed by atoms with Crippen molar-refractivity contribution in [1.29, 1.82) is 0 Å². The minimum absolute atomic E-state index is 0.249. The zero-order valence-corrected chi connectivity index (χ0v) is 9.73. The van der Waals surface area contributed by atoms with Crippen molar-refractivity contribution in [3.8, 4) is 0 Å². The lowest BCUT2D eigenvalue weighted by Crippen LogP contribution is -2.27. The van der Waals surface area contributed by atoms with Gasteiger partial charge in [-0.3, -0.25) is 9.69 Å². The van der Waals surface area contributed by atoms with Crippen LogP contribution in [0.2, 0.25) is 5.02 Å². The van der Waals surface area contributed by atoms with E-state index < -0.39 is 6.04 Å². The molecule has 0 bridgehead atoms. The molecule has 1 aliphatic heterocycles. The molecule has 2 rings (SSSR count). The number of carbonyl (C=O) groups is 2. The third kappa shape index (κ3) is 1.46. The number of hydrogen-bond donors (Lipinski definition) is 0. The molecule has 1 atom stereocenters. The summed E-state index contributed by atoms with van der Waals surface area (Å²) in [6.07, 6.45) is 0. The Morgan fingerprint density at radius 3 is 2.31 bits per heavy atom. The monoisotopic (exact) mass is 238 g/mol. The molecule has 1 saturated heterocycles. The van der Waals surface area contributed by atoms with E-state index in [1.54, 1.807) is 31.3 Å². The summed E-state index contributed by atoms with van der Waals surface area (Å²) in [5, 5.41) is 0.496. The van der Waals surface area contributed by atoms with Crippen molar-refractivity contribution in [2.75, 3.05) is 14.1 Å². The molecule has 1 aliphatic rings. The molecule has 0 N–H and O–H groups in total. The van der Waals surface area contributed by atoms with E-state index in [1.165, 1.54) is 11.9 Å². The van der Waals surface area contributed by atoms with Crippen LogP contribution in [-0.4, -0.2) is 35.8 Å². The maximum atomic E-state index is 11.9. The van der Waals surface area contributed by atoms with Crippen molar-refractivity contribution in [2.45, 2.75) is 6.04 Å². The molecule has 1 aromatic rings. The highest BCUT2D eigenvalue weighted by Crippen LogP contribution is 2.32. The summed E-state index contributed by atoms with van der Waals surface area (Å²) in [6.45, 7) is 0. The van der Waals surface area contributed by atoms with E-state index in [1.807, 2.05) is 0 Å². The van der Waals surface area contributed by atoms with Gasteiger partial charge < -0.3 is 4.90 Å². The highest BCUT2D eigenvalue weighted by atomic mass is 35.5. The number of urea groups is 1. The predicted molar refractivity (Wildman–Crippen MR) is 60.1 cm³/mol. The lowest BCUT2D eigenvalue weighted by molar-refractivity contribution is -0.127. The minimum Gasteiger partial charge on any atom is -0.311 e. The van der Waals surface area contributed by atoms with Gasteiger partial charge in [-0.1, -0.05) is 29.8 Å². The van der Waals surface area contributed by atoms with Crippen molar-refractivity contribution in [3.05, 3.63) is 34.9 Å². The maximum Gasteiger partial charge on any atom is 0.327 e. The molecule has 1 fully saturated rings.